The summed E-state index contributed by atoms with van der Waals surface area (Å²) in [4.78, 5) is 14.9. The first-order valence-electron chi connectivity index (χ1n) is 8.60. The van der Waals surface area contributed by atoms with Gasteiger partial charge in [0.25, 0.3) is 5.69 Å². The number of hydrogen-bond donors (Lipinski definition) is 1. The summed E-state index contributed by atoms with van der Waals surface area (Å²) < 4.78 is 5.66. The predicted molar refractivity (Wildman–Crippen MR) is 102 cm³/mol. The molecule has 134 valence electrons. The Bertz CT molecular complexity index is 912. The first-order chi connectivity index (χ1) is 12.7. The second kappa shape index (κ2) is 8.40. The van der Waals surface area contributed by atoms with Gasteiger partial charge >= 0.3 is 0 Å². The molecule has 0 amide bonds. The number of nitro benzene ring substituents is 1. The summed E-state index contributed by atoms with van der Waals surface area (Å²) in [5.41, 5.74) is 3.19. The Labute approximate surface area is 152 Å². The summed E-state index contributed by atoms with van der Waals surface area (Å²) in [6.07, 6.45) is 4.16. The maximum atomic E-state index is 11.2. The van der Waals surface area contributed by atoms with Gasteiger partial charge in [-0.3, -0.25) is 15.1 Å². The van der Waals surface area contributed by atoms with E-state index in [1.165, 1.54) is 12.3 Å². The average molecular weight is 351 g/mol. The Morgan fingerprint density at radius 3 is 2.69 bits per heavy atom. The zero-order valence-corrected chi connectivity index (χ0v) is 14.6. The number of nitrogens with zero attached hydrogens (tertiary/aromatic N) is 2. The van der Waals surface area contributed by atoms with E-state index in [1.54, 1.807) is 18.3 Å². The van der Waals surface area contributed by atoms with Crippen LogP contribution in [-0.2, 0) is 17.9 Å². The van der Waals surface area contributed by atoms with E-state index >= 15 is 0 Å². The summed E-state index contributed by atoms with van der Waals surface area (Å²) in [5, 5.41) is 15.9. The molecule has 0 aliphatic carbocycles. The van der Waals surface area contributed by atoms with Crippen LogP contribution in [0.15, 0.2) is 54.9 Å². The quantitative estimate of drug-likeness (QED) is 0.362. The van der Waals surface area contributed by atoms with Crippen LogP contribution in [0.1, 0.15) is 24.5 Å². The molecule has 1 aromatic heterocycles. The fourth-order valence-corrected chi connectivity index (χ4v) is 2.88. The second-order valence-corrected chi connectivity index (χ2v) is 5.99. The number of ether oxygens (including phenoxy) is 1. The highest BCUT2D eigenvalue weighted by Crippen LogP contribution is 2.31. The van der Waals surface area contributed by atoms with E-state index in [1.807, 2.05) is 12.1 Å². The minimum Gasteiger partial charge on any atom is -0.380 e. The molecule has 0 saturated carbocycles. The lowest BCUT2D eigenvalue weighted by atomic mass is 10.1. The Morgan fingerprint density at radius 1 is 1.12 bits per heavy atom. The van der Waals surface area contributed by atoms with Crippen LogP contribution in [0.2, 0.25) is 0 Å². The number of rotatable bonds is 8. The molecule has 0 bridgehead atoms. The minimum atomic E-state index is -0.381. The van der Waals surface area contributed by atoms with Crippen molar-refractivity contribution in [2.75, 3.05) is 11.9 Å². The molecule has 1 heterocycles. The van der Waals surface area contributed by atoms with Crippen LogP contribution in [-0.4, -0.2) is 16.5 Å². The van der Waals surface area contributed by atoms with E-state index in [9.17, 15) is 10.1 Å². The van der Waals surface area contributed by atoms with Crippen molar-refractivity contribution < 1.29 is 9.66 Å². The largest absolute Gasteiger partial charge is 0.380 e. The van der Waals surface area contributed by atoms with Crippen LogP contribution in [0.3, 0.4) is 0 Å². The fraction of sp³-hybridized carbons (Fsp3) is 0.250. The highest BCUT2D eigenvalue weighted by molar-refractivity contribution is 5.99. The van der Waals surface area contributed by atoms with Crippen LogP contribution >= 0.6 is 0 Å². The van der Waals surface area contributed by atoms with E-state index in [4.69, 9.17) is 4.74 Å². The van der Waals surface area contributed by atoms with Crippen molar-refractivity contribution in [2.24, 2.45) is 0 Å². The molecular formula is C20H21N3O3. The molecule has 3 rings (SSSR count). The summed E-state index contributed by atoms with van der Waals surface area (Å²) in [5.74, 6) is 0. The van der Waals surface area contributed by atoms with E-state index < -0.39 is 0 Å². The van der Waals surface area contributed by atoms with E-state index in [-0.39, 0.29) is 10.6 Å². The number of aromatic nitrogens is 1. The van der Waals surface area contributed by atoms with E-state index in [0.717, 1.165) is 35.2 Å². The maximum absolute atomic E-state index is 11.2. The van der Waals surface area contributed by atoms with Gasteiger partial charge in [0.15, 0.2) is 0 Å². The van der Waals surface area contributed by atoms with Gasteiger partial charge in [0, 0.05) is 42.7 Å². The highest BCUT2D eigenvalue weighted by Gasteiger charge is 2.14. The van der Waals surface area contributed by atoms with Crippen molar-refractivity contribution >= 4 is 22.1 Å². The SMILES string of the molecule is CCCOCc1ccccc1CNc1ccc([N+](=O)[O-])c2cnccc12. The Hall–Kier alpha value is -2.99. The topological polar surface area (TPSA) is 77.3 Å². The first-order valence-corrected chi connectivity index (χ1v) is 8.60. The third-order valence-electron chi connectivity index (χ3n) is 4.19. The standard InChI is InChI=1S/C20H21N3O3/c1-2-11-26-14-16-6-4-3-5-15(16)12-22-19-7-8-20(23(24)25)18-13-21-10-9-17(18)19/h3-10,13,22H,2,11-12,14H2,1H3. The lowest BCUT2D eigenvalue weighted by molar-refractivity contribution is -0.383. The molecule has 0 unspecified atom stereocenters. The normalized spacial score (nSPS) is 10.8. The predicted octanol–water partition coefficient (Wildman–Crippen LogP) is 4.68. The molecule has 0 aliphatic heterocycles. The Kier molecular flexibility index (Phi) is 5.76. The van der Waals surface area contributed by atoms with Crippen molar-refractivity contribution in [1.82, 2.24) is 4.98 Å². The van der Waals surface area contributed by atoms with Crippen molar-refractivity contribution in [1.29, 1.82) is 0 Å². The van der Waals surface area contributed by atoms with Gasteiger partial charge in [-0.2, -0.15) is 0 Å². The molecule has 6 nitrogen and oxygen atoms in total. The maximum Gasteiger partial charge on any atom is 0.278 e. The van der Waals surface area contributed by atoms with Crippen LogP contribution in [0.5, 0.6) is 0 Å². The van der Waals surface area contributed by atoms with Crippen LogP contribution in [0, 0.1) is 10.1 Å². The number of anilines is 1. The van der Waals surface area contributed by atoms with Gasteiger partial charge in [-0.25, -0.2) is 0 Å². The molecule has 0 radical (unpaired) electrons. The lowest BCUT2D eigenvalue weighted by Gasteiger charge is -2.13. The number of nitro groups is 1. The van der Waals surface area contributed by atoms with E-state index in [0.29, 0.717) is 18.5 Å². The molecule has 26 heavy (non-hydrogen) atoms. The zero-order chi connectivity index (χ0) is 18.4. The number of pyridine rings is 1. The van der Waals surface area contributed by atoms with Gasteiger partial charge in [0.05, 0.1) is 16.9 Å². The monoisotopic (exact) mass is 351 g/mol. The molecule has 3 aromatic rings. The first kappa shape index (κ1) is 17.8. The van der Waals surface area contributed by atoms with E-state index in [2.05, 4.69) is 29.4 Å². The lowest BCUT2D eigenvalue weighted by Crippen LogP contribution is -2.05. The molecule has 0 spiro atoms. The summed E-state index contributed by atoms with van der Waals surface area (Å²) in [6.45, 7) is 4.02. The van der Waals surface area contributed by atoms with Gasteiger partial charge in [-0.1, -0.05) is 31.2 Å². The molecule has 0 aliphatic rings. The average Bonchev–Trinajstić information content (AvgIpc) is 2.67. The molecule has 6 heteroatoms. The van der Waals surface area contributed by atoms with Crippen molar-refractivity contribution in [2.45, 2.75) is 26.5 Å². The molecule has 2 aromatic carbocycles. The fourth-order valence-electron chi connectivity index (χ4n) is 2.88. The number of non-ortho nitro benzene ring substituents is 1. The third-order valence-corrected chi connectivity index (χ3v) is 4.19. The highest BCUT2D eigenvalue weighted by atomic mass is 16.6. The van der Waals surface area contributed by atoms with Crippen LogP contribution in [0.25, 0.3) is 10.8 Å². The summed E-state index contributed by atoms with van der Waals surface area (Å²) in [7, 11) is 0. The van der Waals surface area contributed by atoms with Crippen LogP contribution in [0.4, 0.5) is 11.4 Å². The Balaban J connectivity index is 1.83. The Morgan fingerprint density at radius 2 is 1.92 bits per heavy atom. The number of hydrogen-bond acceptors (Lipinski definition) is 5. The summed E-state index contributed by atoms with van der Waals surface area (Å²) >= 11 is 0. The molecule has 0 saturated heterocycles. The molecule has 0 atom stereocenters. The van der Waals surface area contributed by atoms with Gasteiger partial charge < -0.3 is 10.1 Å². The van der Waals surface area contributed by atoms with Gasteiger partial charge in [-0.15, -0.1) is 0 Å². The van der Waals surface area contributed by atoms with Crippen molar-refractivity contribution in [3.05, 3.63) is 76.1 Å². The number of nitrogens with one attached hydrogen (secondary N) is 1. The zero-order valence-electron chi connectivity index (χ0n) is 14.6. The van der Waals surface area contributed by atoms with Gasteiger partial charge in [0.1, 0.15) is 0 Å². The summed E-state index contributed by atoms with van der Waals surface area (Å²) in [6, 6.07) is 13.2. The number of fused-ring (bicyclic) bond motifs is 1. The van der Waals surface area contributed by atoms with Gasteiger partial charge in [-0.05, 0) is 29.7 Å². The molecule has 1 N–H and O–H groups in total. The second-order valence-electron chi connectivity index (χ2n) is 5.99. The molecule has 0 fully saturated rings. The van der Waals surface area contributed by atoms with Crippen molar-refractivity contribution in [3.8, 4) is 0 Å². The smallest absolute Gasteiger partial charge is 0.278 e. The molecular weight excluding hydrogens is 330 g/mol. The third kappa shape index (κ3) is 3.97. The van der Waals surface area contributed by atoms with Crippen LogP contribution < -0.4 is 5.32 Å². The number of benzene rings is 2. The van der Waals surface area contributed by atoms with Gasteiger partial charge in [0.2, 0.25) is 0 Å². The minimum absolute atomic E-state index is 0.0621. The van der Waals surface area contributed by atoms with Crippen molar-refractivity contribution in [3.63, 3.8) is 0 Å².